The molecule has 0 unspecified atom stereocenters. The molecule has 35 heavy (non-hydrogen) atoms. The predicted octanol–water partition coefficient (Wildman–Crippen LogP) is 6.17. The van der Waals surface area contributed by atoms with Crippen LogP contribution in [0, 0.1) is 5.92 Å². The van der Waals surface area contributed by atoms with Crippen LogP contribution in [0.2, 0.25) is 0 Å². The van der Waals surface area contributed by atoms with E-state index >= 15 is 0 Å². The van der Waals surface area contributed by atoms with E-state index in [-0.39, 0.29) is 30.0 Å². The Morgan fingerprint density at radius 1 is 0.657 bits per heavy atom. The number of carbonyl (C=O) groups excluding carboxylic acids is 1. The molecule has 3 aromatic carbocycles. The van der Waals surface area contributed by atoms with Crippen LogP contribution in [0.4, 0.5) is 0 Å². The summed E-state index contributed by atoms with van der Waals surface area (Å²) < 4.78 is 0. The number of aliphatic hydroxyl groups is 1. The summed E-state index contributed by atoms with van der Waals surface area (Å²) in [5, 5.41) is 11.2. The molecule has 4 nitrogen and oxygen atoms in total. The van der Waals surface area contributed by atoms with Crippen molar-refractivity contribution < 1.29 is 9.90 Å². The molecule has 184 valence electrons. The van der Waals surface area contributed by atoms with Crippen molar-refractivity contribution in [3.63, 3.8) is 0 Å². The molecule has 1 aliphatic rings. The lowest BCUT2D eigenvalue weighted by Crippen LogP contribution is -2.52. The number of nitrogens with zero attached hydrogens (tertiary/aromatic N) is 2. The topological polar surface area (TPSA) is 43.8 Å². The van der Waals surface area contributed by atoms with Crippen LogP contribution >= 0.6 is 0 Å². The second-order valence-corrected chi connectivity index (χ2v) is 10.2. The molecular formula is C31H38N2O2. The van der Waals surface area contributed by atoms with Gasteiger partial charge in [-0.3, -0.25) is 14.6 Å². The number of ketones is 1. The van der Waals surface area contributed by atoms with Crippen LogP contribution < -0.4 is 0 Å². The van der Waals surface area contributed by atoms with Crippen molar-refractivity contribution in [3.8, 4) is 0 Å². The fraction of sp³-hybridized carbons (Fsp3) is 0.387. The van der Waals surface area contributed by atoms with Crippen molar-refractivity contribution in [1.29, 1.82) is 0 Å². The highest BCUT2D eigenvalue weighted by Gasteiger charge is 2.53. The summed E-state index contributed by atoms with van der Waals surface area (Å²) in [6.45, 7) is 10.5. The van der Waals surface area contributed by atoms with Gasteiger partial charge in [-0.15, -0.1) is 0 Å². The van der Waals surface area contributed by atoms with Gasteiger partial charge in [-0.25, -0.2) is 0 Å². The van der Waals surface area contributed by atoms with Gasteiger partial charge in [-0.1, -0.05) is 97.9 Å². The first-order chi connectivity index (χ1) is 16.8. The van der Waals surface area contributed by atoms with Crippen molar-refractivity contribution in [3.05, 3.63) is 108 Å². The van der Waals surface area contributed by atoms with Crippen molar-refractivity contribution >= 4 is 5.78 Å². The molecule has 1 saturated heterocycles. The number of benzene rings is 3. The van der Waals surface area contributed by atoms with E-state index in [9.17, 15) is 9.90 Å². The lowest BCUT2D eigenvalue weighted by Gasteiger charge is -2.37. The third-order valence-corrected chi connectivity index (χ3v) is 7.30. The van der Waals surface area contributed by atoms with Gasteiger partial charge in [-0.05, 0) is 44.4 Å². The minimum absolute atomic E-state index is 0.0102. The average molecular weight is 471 g/mol. The van der Waals surface area contributed by atoms with Gasteiger partial charge in [0.15, 0.2) is 5.78 Å². The van der Waals surface area contributed by atoms with Gasteiger partial charge in [0.2, 0.25) is 0 Å². The lowest BCUT2D eigenvalue weighted by molar-refractivity contribution is -0.137. The quantitative estimate of drug-likeness (QED) is 0.428. The third kappa shape index (κ3) is 4.97. The van der Waals surface area contributed by atoms with E-state index in [1.165, 1.54) is 11.1 Å². The second kappa shape index (κ2) is 10.9. The van der Waals surface area contributed by atoms with Crippen molar-refractivity contribution in [2.75, 3.05) is 0 Å². The molecule has 0 saturated carbocycles. The second-order valence-electron chi connectivity index (χ2n) is 10.2. The molecule has 0 amide bonds. The zero-order valence-electron chi connectivity index (χ0n) is 21.5. The van der Waals surface area contributed by atoms with E-state index in [0.717, 1.165) is 5.56 Å². The van der Waals surface area contributed by atoms with Gasteiger partial charge in [0.25, 0.3) is 0 Å². The Balaban J connectivity index is 1.83. The van der Waals surface area contributed by atoms with Gasteiger partial charge in [-0.2, -0.15) is 0 Å². The number of carbonyl (C=O) groups is 1. The predicted molar refractivity (Wildman–Crippen MR) is 142 cm³/mol. The van der Waals surface area contributed by atoms with Gasteiger partial charge in [0.05, 0.1) is 18.2 Å². The Morgan fingerprint density at radius 3 is 1.40 bits per heavy atom. The third-order valence-electron chi connectivity index (χ3n) is 7.30. The highest BCUT2D eigenvalue weighted by Crippen LogP contribution is 2.50. The van der Waals surface area contributed by atoms with E-state index in [0.29, 0.717) is 0 Å². The van der Waals surface area contributed by atoms with Crippen molar-refractivity contribution in [2.24, 2.45) is 5.92 Å². The first-order valence-electron chi connectivity index (χ1n) is 12.7. The number of hydrogen-bond acceptors (Lipinski definition) is 4. The first kappa shape index (κ1) is 25.3. The van der Waals surface area contributed by atoms with Crippen LogP contribution in [-0.4, -0.2) is 38.9 Å². The summed E-state index contributed by atoms with van der Waals surface area (Å²) in [5.41, 5.74) is 3.18. The molecule has 4 heteroatoms. The van der Waals surface area contributed by atoms with Gasteiger partial charge in [0.1, 0.15) is 6.17 Å². The number of rotatable bonds is 8. The fourth-order valence-corrected chi connectivity index (χ4v) is 5.62. The molecule has 1 fully saturated rings. The van der Waals surface area contributed by atoms with Crippen LogP contribution in [0.15, 0.2) is 91.0 Å². The van der Waals surface area contributed by atoms with E-state index in [1.54, 1.807) is 0 Å². The van der Waals surface area contributed by atoms with Crippen LogP contribution in [0.1, 0.15) is 69.5 Å². The summed E-state index contributed by atoms with van der Waals surface area (Å²) in [6.07, 6.45) is -1.29. The smallest absolute Gasteiger partial charge is 0.170 e. The van der Waals surface area contributed by atoms with Crippen LogP contribution in [0.25, 0.3) is 0 Å². The minimum atomic E-state index is -0.849. The van der Waals surface area contributed by atoms with E-state index in [2.05, 4.69) is 86.0 Å². The van der Waals surface area contributed by atoms with E-state index in [4.69, 9.17) is 0 Å². The van der Waals surface area contributed by atoms with E-state index in [1.807, 2.05) is 49.4 Å². The van der Waals surface area contributed by atoms with Gasteiger partial charge < -0.3 is 5.11 Å². The summed E-state index contributed by atoms with van der Waals surface area (Å²) in [6, 6.07) is 30.9. The summed E-state index contributed by atoms with van der Waals surface area (Å²) in [7, 11) is 0. The van der Waals surface area contributed by atoms with E-state index < -0.39 is 18.2 Å². The van der Waals surface area contributed by atoms with Crippen LogP contribution in [0.5, 0.6) is 0 Å². The normalized spacial score (nSPS) is 21.5. The first-order valence-corrected chi connectivity index (χ1v) is 12.7. The molecule has 0 aromatic heterocycles. The maximum atomic E-state index is 14.3. The average Bonchev–Trinajstić information content (AvgIpc) is 3.26. The number of Topliss-reactive ketones (excluding diaryl/α,β-unsaturated/α-hetero) is 1. The van der Waals surface area contributed by atoms with Gasteiger partial charge >= 0.3 is 0 Å². The van der Waals surface area contributed by atoms with Crippen LogP contribution in [-0.2, 0) is 4.79 Å². The maximum absolute atomic E-state index is 14.3. The maximum Gasteiger partial charge on any atom is 0.170 e. The van der Waals surface area contributed by atoms with Crippen LogP contribution in [0.3, 0.4) is 0 Å². The molecule has 0 spiro atoms. The molecular weight excluding hydrogens is 432 g/mol. The number of hydrogen-bond donors (Lipinski definition) is 1. The zero-order chi connectivity index (χ0) is 25.1. The number of aliphatic hydroxyl groups excluding tert-OH is 1. The van der Waals surface area contributed by atoms with Crippen molar-refractivity contribution in [2.45, 2.75) is 71.1 Å². The highest BCUT2D eigenvalue weighted by molar-refractivity contribution is 5.87. The summed E-state index contributed by atoms with van der Waals surface area (Å²) >= 11 is 0. The molecule has 1 aliphatic heterocycles. The molecule has 0 bridgehead atoms. The zero-order valence-corrected chi connectivity index (χ0v) is 21.5. The standard InChI is InChI=1S/C31H38N2O2/c1-21(2)32-27(24-15-9-6-10-16-24)28(25-17-11-7-12-18-25)33(22(3)4)31(32)30(35)23(5)29(34)26-19-13-8-14-20-26/h6-23,27-29,31,34H,1-5H3/t23-,27-,28-,29-/m1/s1. The monoisotopic (exact) mass is 470 g/mol. The Hall–Kier alpha value is -2.79. The molecule has 3 aromatic rings. The molecule has 4 rings (SSSR count). The fourth-order valence-electron chi connectivity index (χ4n) is 5.62. The largest absolute Gasteiger partial charge is 0.388 e. The molecule has 4 atom stereocenters. The lowest BCUT2D eigenvalue weighted by atomic mass is 9.91. The molecule has 1 N–H and O–H groups in total. The Labute approximate surface area is 210 Å². The highest BCUT2D eigenvalue weighted by atomic mass is 16.3. The Morgan fingerprint density at radius 2 is 1.03 bits per heavy atom. The Bertz CT molecular complexity index is 1030. The minimum Gasteiger partial charge on any atom is -0.388 e. The molecule has 1 heterocycles. The summed E-state index contributed by atoms with van der Waals surface area (Å²) in [4.78, 5) is 19.0. The van der Waals surface area contributed by atoms with Gasteiger partial charge in [0, 0.05) is 18.0 Å². The SMILES string of the molecule is CC(C)N1C(C(=O)[C@H](C)[C@@H](O)c2ccccc2)N(C(C)C)[C@H](c2ccccc2)[C@H]1c1ccccc1. The molecule has 0 radical (unpaired) electrons. The van der Waals surface area contributed by atoms with Crippen molar-refractivity contribution in [1.82, 2.24) is 9.80 Å². The Kier molecular flexibility index (Phi) is 7.85. The molecule has 0 aliphatic carbocycles. The summed E-state index contributed by atoms with van der Waals surface area (Å²) in [5.74, 6) is -0.487.